The summed E-state index contributed by atoms with van der Waals surface area (Å²) in [7, 11) is 0. The van der Waals surface area contributed by atoms with E-state index in [0.717, 1.165) is 17.0 Å². The zero-order chi connectivity index (χ0) is 24.2. The van der Waals surface area contributed by atoms with E-state index in [9.17, 15) is 9.59 Å². The number of aryl methyl sites for hydroxylation is 2. The van der Waals surface area contributed by atoms with Gasteiger partial charge in [0.05, 0.1) is 10.7 Å². The second-order valence-corrected chi connectivity index (χ2v) is 8.99. The van der Waals surface area contributed by atoms with E-state index in [2.05, 4.69) is 25.7 Å². The zero-order valence-electron chi connectivity index (χ0n) is 18.9. The van der Waals surface area contributed by atoms with Crippen LogP contribution in [-0.2, 0) is 10.5 Å². The van der Waals surface area contributed by atoms with Crippen LogP contribution in [0.15, 0.2) is 53.7 Å². The Balaban J connectivity index is 1.51. The maximum Gasteiger partial charge on any atom is 0.256 e. The molecule has 2 aromatic heterocycles. The number of halogens is 1. The number of amides is 2. The van der Waals surface area contributed by atoms with Gasteiger partial charge in [0, 0.05) is 34.8 Å². The average molecular weight is 495 g/mol. The molecule has 0 aliphatic heterocycles. The summed E-state index contributed by atoms with van der Waals surface area (Å²) < 4.78 is 1.71. The maximum atomic E-state index is 13.1. The summed E-state index contributed by atoms with van der Waals surface area (Å²) in [5.41, 5.74) is 4.16. The van der Waals surface area contributed by atoms with Crippen molar-refractivity contribution in [1.29, 1.82) is 0 Å². The molecule has 2 heterocycles. The number of benzene rings is 2. The minimum Gasteiger partial charge on any atom is -0.326 e. The van der Waals surface area contributed by atoms with Gasteiger partial charge >= 0.3 is 0 Å². The van der Waals surface area contributed by atoms with Crippen molar-refractivity contribution in [2.24, 2.45) is 0 Å². The van der Waals surface area contributed by atoms with Crippen LogP contribution in [0, 0.1) is 13.8 Å². The largest absolute Gasteiger partial charge is 0.326 e. The first kappa shape index (κ1) is 23.7. The molecule has 34 heavy (non-hydrogen) atoms. The summed E-state index contributed by atoms with van der Waals surface area (Å²) in [6, 6.07) is 14.3. The minimum absolute atomic E-state index is 0.122. The first-order valence-corrected chi connectivity index (χ1v) is 12.0. The summed E-state index contributed by atoms with van der Waals surface area (Å²) >= 11 is 7.72. The Morgan fingerprint density at radius 3 is 2.65 bits per heavy atom. The Morgan fingerprint density at radius 1 is 1.06 bits per heavy atom. The number of nitrogens with one attached hydrogen (secondary N) is 2. The fourth-order valence-corrected chi connectivity index (χ4v) is 4.34. The molecular weight excluding hydrogens is 472 g/mol. The van der Waals surface area contributed by atoms with Gasteiger partial charge in [-0.15, -0.1) is 5.10 Å². The fraction of sp³-hybridized carbons (Fsp3) is 0.208. The lowest BCUT2D eigenvalue weighted by atomic mass is 10.1. The van der Waals surface area contributed by atoms with Crippen LogP contribution in [0.1, 0.15) is 40.7 Å². The highest BCUT2D eigenvalue weighted by Crippen LogP contribution is 2.28. The van der Waals surface area contributed by atoms with E-state index in [1.54, 1.807) is 35.7 Å². The van der Waals surface area contributed by atoms with E-state index in [1.807, 2.05) is 38.1 Å². The topological polar surface area (TPSA) is 101 Å². The highest BCUT2D eigenvalue weighted by atomic mass is 35.5. The molecule has 2 amide bonds. The molecule has 0 saturated carbocycles. The van der Waals surface area contributed by atoms with E-state index in [-0.39, 0.29) is 11.8 Å². The molecule has 8 nitrogen and oxygen atoms in total. The Morgan fingerprint density at radius 2 is 1.85 bits per heavy atom. The number of rotatable bonds is 7. The van der Waals surface area contributed by atoms with Crippen molar-refractivity contribution in [3.05, 3.63) is 76.1 Å². The molecule has 10 heteroatoms. The number of carbonyl (C=O) groups excluding carboxylic acids is 2. The van der Waals surface area contributed by atoms with Gasteiger partial charge < -0.3 is 10.6 Å². The number of fused-ring (bicyclic) bond motifs is 1. The van der Waals surface area contributed by atoms with Crippen molar-refractivity contribution in [2.75, 3.05) is 10.6 Å². The SMILES string of the molecule is CCC(=O)Nc1ccc(Cl)c(NC(=O)c2ccccc2CSc2nc3nc(C)cc(C)n3n2)c1. The Labute approximate surface area is 206 Å². The monoisotopic (exact) mass is 494 g/mol. The lowest BCUT2D eigenvalue weighted by molar-refractivity contribution is -0.115. The molecule has 0 radical (unpaired) electrons. The van der Waals surface area contributed by atoms with E-state index >= 15 is 0 Å². The van der Waals surface area contributed by atoms with Crippen LogP contribution in [-0.4, -0.2) is 31.4 Å². The summed E-state index contributed by atoms with van der Waals surface area (Å²) in [5, 5.41) is 11.1. The van der Waals surface area contributed by atoms with Gasteiger partial charge in [-0.2, -0.15) is 4.98 Å². The first-order valence-electron chi connectivity index (χ1n) is 10.7. The van der Waals surface area contributed by atoms with Gasteiger partial charge in [0.15, 0.2) is 0 Å². The Hall–Kier alpha value is -3.43. The van der Waals surface area contributed by atoms with Crippen molar-refractivity contribution in [2.45, 2.75) is 38.1 Å². The highest BCUT2D eigenvalue weighted by Gasteiger charge is 2.15. The zero-order valence-corrected chi connectivity index (χ0v) is 20.5. The number of hydrogen-bond acceptors (Lipinski definition) is 6. The normalized spacial score (nSPS) is 10.9. The standard InChI is InChI=1S/C24H23ClN6O2S/c1-4-21(32)27-17-9-10-19(25)20(12-17)28-22(33)18-8-6-5-7-16(18)13-34-24-29-23-26-14(2)11-15(3)31(23)30-24/h5-12H,4,13H2,1-3H3,(H,27,32)(H,28,33). The van der Waals surface area contributed by atoms with Crippen LogP contribution in [0.3, 0.4) is 0 Å². The predicted octanol–water partition coefficient (Wildman–Crippen LogP) is 5.29. The number of carbonyl (C=O) groups is 2. The van der Waals surface area contributed by atoms with Crippen LogP contribution >= 0.6 is 23.4 Å². The molecule has 0 aliphatic carbocycles. The van der Waals surface area contributed by atoms with E-state index < -0.39 is 0 Å². The number of aromatic nitrogens is 4. The number of nitrogens with zero attached hydrogens (tertiary/aromatic N) is 4. The lowest BCUT2D eigenvalue weighted by Crippen LogP contribution is -2.15. The molecule has 0 unspecified atom stereocenters. The molecule has 2 N–H and O–H groups in total. The van der Waals surface area contributed by atoms with Crippen molar-refractivity contribution in [1.82, 2.24) is 19.6 Å². The molecule has 0 bridgehead atoms. The third-order valence-corrected chi connectivity index (χ3v) is 6.25. The molecule has 0 aliphatic rings. The molecule has 4 rings (SSSR count). The van der Waals surface area contributed by atoms with Crippen LogP contribution < -0.4 is 10.6 Å². The van der Waals surface area contributed by atoms with Gasteiger partial charge in [0.1, 0.15) is 0 Å². The highest BCUT2D eigenvalue weighted by molar-refractivity contribution is 7.98. The van der Waals surface area contributed by atoms with Gasteiger partial charge in [-0.1, -0.05) is 48.5 Å². The third kappa shape index (κ3) is 5.37. The van der Waals surface area contributed by atoms with Gasteiger partial charge in [-0.3, -0.25) is 9.59 Å². The Bertz CT molecular complexity index is 1390. The van der Waals surface area contributed by atoms with Gasteiger partial charge in [0.25, 0.3) is 11.7 Å². The summed E-state index contributed by atoms with van der Waals surface area (Å²) in [6.07, 6.45) is 0.353. The molecule has 0 atom stereocenters. The van der Waals surface area contributed by atoms with E-state index in [1.165, 1.54) is 11.8 Å². The van der Waals surface area contributed by atoms with E-state index in [4.69, 9.17) is 11.6 Å². The van der Waals surface area contributed by atoms with Gasteiger partial charge in [0.2, 0.25) is 11.1 Å². The van der Waals surface area contributed by atoms with Crippen molar-refractivity contribution in [3.8, 4) is 0 Å². The van der Waals surface area contributed by atoms with Crippen molar-refractivity contribution in [3.63, 3.8) is 0 Å². The molecular formula is C24H23ClN6O2S. The summed E-state index contributed by atoms with van der Waals surface area (Å²) in [4.78, 5) is 33.7. The smallest absolute Gasteiger partial charge is 0.256 e. The molecule has 0 fully saturated rings. The number of hydrogen-bond donors (Lipinski definition) is 2. The average Bonchev–Trinajstić information content (AvgIpc) is 3.23. The summed E-state index contributed by atoms with van der Waals surface area (Å²) in [6.45, 7) is 5.64. The maximum absolute atomic E-state index is 13.1. The molecule has 2 aromatic carbocycles. The van der Waals surface area contributed by atoms with Crippen molar-refractivity contribution >= 4 is 52.3 Å². The molecule has 174 valence electrons. The van der Waals surface area contributed by atoms with Crippen LogP contribution in [0.4, 0.5) is 11.4 Å². The van der Waals surface area contributed by atoms with Crippen molar-refractivity contribution < 1.29 is 9.59 Å². The lowest BCUT2D eigenvalue weighted by Gasteiger charge is -2.12. The second kappa shape index (κ2) is 10.2. The van der Waals surface area contributed by atoms with Crippen LogP contribution in [0.2, 0.25) is 5.02 Å². The fourth-order valence-electron chi connectivity index (χ4n) is 3.36. The van der Waals surface area contributed by atoms with E-state index in [0.29, 0.717) is 45.1 Å². The van der Waals surface area contributed by atoms with Crippen LogP contribution in [0.5, 0.6) is 0 Å². The van der Waals surface area contributed by atoms with Crippen LogP contribution in [0.25, 0.3) is 5.78 Å². The summed E-state index contributed by atoms with van der Waals surface area (Å²) in [5.74, 6) is 0.630. The second-order valence-electron chi connectivity index (χ2n) is 7.64. The molecule has 0 saturated heterocycles. The van der Waals surface area contributed by atoms with Gasteiger partial charge in [-0.25, -0.2) is 9.50 Å². The molecule has 0 spiro atoms. The molecule has 4 aromatic rings. The van der Waals surface area contributed by atoms with Gasteiger partial charge in [-0.05, 0) is 49.7 Å². The third-order valence-electron chi connectivity index (χ3n) is 5.04. The number of anilines is 2. The quantitative estimate of drug-likeness (QED) is 0.338. The first-order chi connectivity index (χ1) is 16.3. The number of thioether (sulfide) groups is 1. The Kier molecular flexibility index (Phi) is 7.14. The minimum atomic E-state index is -0.298. The predicted molar refractivity (Wildman–Crippen MR) is 135 cm³/mol.